The monoisotopic (exact) mass is 405 g/mol. The van der Waals surface area contributed by atoms with Gasteiger partial charge in [0.1, 0.15) is 0 Å². The van der Waals surface area contributed by atoms with Crippen LogP contribution in [-0.4, -0.2) is 29.8 Å². The van der Waals surface area contributed by atoms with Crippen molar-refractivity contribution >= 4 is 40.1 Å². The second-order valence-corrected chi connectivity index (χ2v) is 8.37. The average molecular weight is 406 g/mol. The van der Waals surface area contributed by atoms with E-state index < -0.39 is 6.10 Å². The summed E-state index contributed by atoms with van der Waals surface area (Å²) in [6.07, 6.45) is 0.00809. The Morgan fingerprint density at radius 1 is 1.07 bits per heavy atom. The van der Waals surface area contributed by atoms with Gasteiger partial charge >= 0.3 is 5.97 Å². The third-order valence-corrected chi connectivity index (χ3v) is 6.15. The van der Waals surface area contributed by atoms with Gasteiger partial charge in [0, 0.05) is 16.6 Å². The molecule has 0 spiro atoms. The van der Waals surface area contributed by atoms with Crippen molar-refractivity contribution in [2.45, 2.75) is 37.3 Å². The lowest BCUT2D eigenvalue weighted by molar-refractivity contribution is -0.151. The van der Waals surface area contributed by atoms with Gasteiger partial charge < -0.3 is 9.64 Å². The molecule has 3 aromatic carbocycles. The molecule has 29 heavy (non-hydrogen) atoms. The van der Waals surface area contributed by atoms with Gasteiger partial charge in [0.05, 0.1) is 5.75 Å². The molecule has 0 N–H and O–H groups in total. The summed E-state index contributed by atoms with van der Waals surface area (Å²) < 4.78 is 5.45. The maximum absolute atomic E-state index is 12.9. The zero-order chi connectivity index (χ0) is 20.4. The lowest BCUT2D eigenvalue weighted by Gasteiger charge is -2.25. The minimum Gasteiger partial charge on any atom is -0.452 e. The number of anilines is 1. The number of hydrogen-bond donors (Lipinski definition) is 0. The number of amides is 1. The van der Waals surface area contributed by atoms with Gasteiger partial charge in [-0.25, -0.2) is 0 Å². The quantitative estimate of drug-likeness (QED) is 0.450. The lowest BCUT2D eigenvalue weighted by atomic mass is 10.1. The summed E-state index contributed by atoms with van der Waals surface area (Å²) in [5.74, 6) is -0.391. The molecule has 0 aliphatic carbocycles. The van der Waals surface area contributed by atoms with E-state index in [1.54, 1.807) is 11.8 Å². The van der Waals surface area contributed by atoms with Crippen molar-refractivity contribution in [1.82, 2.24) is 0 Å². The number of thioether (sulfide) groups is 1. The number of para-hydroxylation sites is 1. The fourth-order valence-corrected chi connectivity index (χ4v) is 4.51. The van der Waals surface area contributed by atoms with E-state index in [2.05, 4.69) is 12.1 Å². The normalized spacial score (nSPS) is 16.5. The first-order valence-corrected chi connectivity index (χ1v) is 10.7. The molecular formula is C24H23NO3S. The van der Waals surface area contributed by atoms with Crippen LogP contribution in [0.1, 0.15) is 19.4 Å². The van der Waals surface area contributed by atoms with Crippen molar-refractivity contribution < 1.29 is 14.3 Å². The van der Waals surface area contributed by atoms with Gasteiger partial charge in [-0.3, -0.25) is 9.59 Å². The Hall–Kier alpha value is -2.79. The number of ether oxygens (including phenoxy) is 1. The minimum absolute atomic E-state index is 0.0630. The average Bonchev–Trinajstić information content (AvgIpc) is 3.07. The van der Waals surface area contributed by atoms with Crippen LogP contribution < -0.4 is 4.90 Å². The highest BCUT2D eigenvalue weighted by atomic mass is 32.2. The SMILES string of the molecule is C[C@H](OC(=O)CSc1ccc2ccccc2c1)C(=O)N1c2ccccc2C[C@H]1C. The summed E-state index contributed by atoms with van der Waals surface area (Å²) in [6, 6.07) is 22.2. The summed E-state index contributed by atoms with van der Waals surface area (Å²) >= 11 is 1.42. The summed E-state index contributed by atoms with van der Waals surface area (Å²) in [4.78, 5) is 28.0. The third-order valence-electron chi connectivity index (χ3n) is 5.18. The maximum Gasteiger partial charge on any atom is 0.317 e. The number of esters is 1. The Labute approximate surface area is 174 Å². The molecule has 0 aromatic heterocycles. The fourth-order valence-electron chi connectivity index (χ4n) is 3.78. The van der Waals surface area contributed by atoms with E-state index in [4.69, 9.17) is 4.74 Å². The number of carbonyl (C=O) groups is 2. The molecule has 3 aromatic rings. The van der Waals surface area contributed by atoms with Gasteiger partial charge in [0.2, 0.25) is 0 Å². The lowest BCUT2D eigenvalue weighted by Crippen LogP contribution is -2.43. The summed E-state index contributed by atoms with van der Waals surface area (Å²) in [6.45, 7) is 3.66. The van der Waals surface area contributed by atoms with Crippen LogP contribution in [0.2, 0.25) is 0 Å². The van der Waals surface area contributed by atoms with E-state index in [0.717, 1.165) is 28.0 Å². The second kappa shape index (κ2) is 8.29. The Kier molecular flexibility index (Phi) is 5.58. The second-order valence-electron chi connectivity index (χ2n) is 7.32. The van der Waals surface area contributed by atoms with Crippen LogP contribution in [-0.2, 0) is 20.7 Å². The Bertz CT molecular complexity index is 1060. The molecule has 1 aliphatic rings. The number of fused-ring (bicyclic) bond motifs is 2. The van der Waals surface area contributed by atoms with Gasteiger partial charge in [-0.15, -0.1) is 11.8 Å². The smallest absolute Gasteiger partial charge is 0.317 e. The van der Waals surface area contributed by atoms with E-state index in [0.29, 0.717) is 0 Å². The Morgan fingerprint density at radius 3 is 2.62 bits per heavy atom. The molecule has 0 unspecified atom stereocenters. The zero-order valence-electron chi connectivity index (χ0n) is 16.5. The molecule has 2 atom stereocenters. The predicted molar refractivity (Wildman–Crippen MR) is 117 cm³/mol. The van der Waals surface area contributed by atoms with Crippen molar-refractivity contribution in [3.8, 4) is 0 Å². The standard InChI is InChI=1S/C24H23NO3S/c1-16-13-20-9-5-6-10-22(20)25(16)24(27)17(2)28-23(26)15-29-21-12-11-18-7-3-4-8-19(18)14-21/h3-12,14,16-17H,13,15H2,1-2H3/t16-,17+/m1/s1. The highest BCUT2D eigenvalue weighted by molar-refractivity contribution is 8.00. The largest absolute Gasteiger partial charge is 0.452 e. The van der Waals surface area contributed by atoms with E-state index in [1.807, 2.05) is 61.5 Å². The van der Waals surface area contributed by atoms with Crippen LogP contribution >= 0.6 is 11.8 Å². The van der Waals surface area contributed by atoms with E-state index in [1.165, 1.54) is 17.1 Å². The Morgan fingerprint density at radius 2 is 1.79 bits per heavy atom. The number of hydrogen-bond acceptors (Lipinski definition) is 4. The molecule has 5 heteroatoms. The highest BCUT2D eigenvalue weighted by Gasteiger charge is 2.34. The number of rotatable bonds is 5. The topological polar surface area (TPSA) is 46.6 Å². The molecular weight excluding hydrogens is 382 g/mol. The highest BCUT2D eigenvalue weighted by Crippen LogP contribution is 2.32. The minimum atomic E-state index is -0.812. The predicted octanol–water partition coefficient (Wildman–Crippen LogP) is 4.84. The molecule has 0 bridgehead atoms. The molecule has 4 nitrogen and oxygen atoms in total. The number of carbonyl (C=O) groups excluding carboxylic acids is 2. The van der Waals surface area contributed by atoms with Gasteiger partial charge in [-0.05, 0) is 54.8 Å². The van der Waals surface area contributed by atoms with Crippen molar-refractivity contribution in [2.75, 3.05) is 10.7 Å². The van der Waals surface area contributed by atoms with Crippen molar-refractivity contribution in [1.29, 1.82) is 0 Å². The van der Waals surface area contributed by atoms with E-state index >= 15 is 0 Å². The van der Waals surface area contributed by atoms with Gasteiger partial charge in [-0.1, -0.05) is 48.5 Å². The van der Waals surface area contributed by atoms with Crippen LogP contribution in [0, 0.1) is 0 Å². The Balaban J connectivity index is 1.36. The molecule has 0 radical (unpaired) electrons. The molecule has 0 saturated carbocycles. The zero-order valence-corrected chi connectivity index (χ0v) is 17.3. The number of nitrogens with zero attached hydrogens (tertiary/aromatic N) is 1. The molecule has 1 aliphatic heterocycles. The van der Waals surface area contributed by atoms with Crippen LogP contribution in [0.5, 0.6) is 0 Å². The molecule has 1 heterocycles. The fraction of sp³-hybridized carbons (Fsp3) is 0.250. The van der Waals surface area contributed by atoms with Crippen molar-refractivity contribution in [3.05, 3.63) is 72.3 Å². The molecule has 4 rings (SSSR count). The van der Waals surface area contributed by atoms with Gasteiger partial charge in [0.15, 0.2) is 6.10 Å². The summed E-state index contributed by atoms with van der Waals surface area (Å²) in [5.41, 5.74) is 2.07. The van der Waals surface area contributed by atoms with E-state index in [-0.39, 0.29) is 23.7 Å². The molecule has 148 valence electrons. The number of benzene rings is 3. The first-order chi connectivity index (χ1) is 14.0. The first kappa shape index (κ1) is 19.5. The summed E-state index contributed by atoms with van der Waals surface area (Å²) in [5, 5.41) is 2.30. The van der Waals surface area contributed by atoms with E-state index in [9.17, 15) is 9.59 Å². The van der Waals surface area contributed by atoms with Crippen LogP contribution in [0.4, 0.5) is 5.69 Å². The van der Waals surface area contributed by atoms with Gasteiger partial charge in [0.25, 0.3) is 5.91 Å². The van der Waals surface area contributed by atoms with Crippen LogP contribution in [0.25, 0.3) is 10.8 Å². The molecule has 0 saturated heterocycles. The van der Waals surface area contributed by atoms with Crippen molar-refractivity contribution in [3.63, 3.8) is 0 Å². The van der Waals surface area contributed by atoms with Crippen LogP contribution in [0.15, 0.2) is 71.6 Å². The van der Waals surface area contributed by atoms with Crippen molar-refractivity contribution in [2.24, 2.45) is 0 Å². The molecule has 0 fully saturated rings. The molecule has 1 amide bonds. The first-order valence-electron chi connectivity index (χ1n) is 9.75. The van der Waals surface area contributed by atoms with Crippen LogP contribution in [0.3, 0.4) is 0 Å². The third kappa shape index (κ3) is 4.15. The summed E-state index contributed by atoms with van der Waals surface area (Å²) in [7, 11) is 0. The van der Waals surface area contributed by atoms with Gasteiger partial charge in [-0.2, -0.15) is 0 Å². The maximum atomic E-state index is 12.9.